The van der Waals surface area contributed by atoms with Crippen LogP contribution in [-0.4, -0.2) is 41.2 Å². The number of rotatable bonds is 8. The molecule has 0 aliphatic rings. The lowest BCUT2D eigenvalue weighted by atomic mass is 10.1. The predicted octanol–water partition coefficient (Wildman–Crippen LogP) is 1.67. The van der Waals surface area contributed by atoms with Gasteiger partial charge in [0.2, 0.25) is 5.91 Å². The third-order valence-corrected chi connectivity index (χ3v) is 4.41. The topological polar surface area (TPSA) is 100 Å². The number of ketones is 1. The molecule has 0 bridgehead atoms. The van der Waals surface area contributed by atoms with E-state index in [2.05, 4.69) is 4.98 Å². The third-order valence-electron chi connectivity index (χ3n) is 3.31. The first-order chi connectivity index (χ1) is 11.0. The van der Waals surface area contributed by atoms with Gasteiger partial charge in [-0.1, -0.05) is 19.1 Å². The molecule has 1 aromatic carbocycles. The molecule has 0 saturated heterocycles. The van der Waals surface area contributed by atoms with Gasteiger partial charge in [-0.15, -0.1) is 11.3 Å². The molecule has 1 heterocycles. The first kappa shape index (κ1) is 17.1. The van der Waals surface area contributed by atoms with E-state index in [-0.39, 0.29) is 18.9 Å². The van der Waals surface area contributed by atoms with Crippen LogP contribution >= 0.6 is 11.3 Å². The zero-order chi connectivity index (χ0) is 16.8. The Kier molecular flexibility index (Phi) is 5.79. The summed E-state index contributed by atoms with van der Waals surface area (Å²) in [5.74, 6) is -1.67. The number of benzene rings is 1. The molecule has 6 nitrogen and oxygen atoms in total. The summed E-state index contributed by atoms with van der Waals surface area (Å²) < 4.78 is 0.943. The van der Waals surface area contributed by atoms with Crippen LogP contribution in [0.5, 0.6) is 0 Å². The van der Waals surface area contributed by atoms with Crippen molar-refractivity contribution in [2.75, 3.05) is 19.6 Å². The SMILES string of the molecule is CCCN(CC(N)=O)CC(=O)C(C#N)c1nc2ccccc2s1. The lowest BCUT2D eigenvalue weighted by Gasteiger charge is -2.19. The largest absolute Gasteiger partial charge is 0.369 e. The molecule has 2 aromatic rings. The normalized spacial score (nSPS) is 12.2. The maximum Gasteiger partial charge on any atom is 0.231 e. The number of hydrogen-bond donors (Lipinski definition) is 1. The highest BCUT2D eigenvalue weighted by molar-refractivity contribution is 7.18. The standard InChI is InChI=1S/C16H18N4O2S/c1-2-7-20(10-15(18)22)9-13(21)11(8-17)16-19-12-5-3-4-6-14(12)23-16/h3-6,11H,2,7,9-10H2,1H3,(H2,18,22). The minimum Gasteiger partial charge on any atom is -0.369 e. The average Bonchev–Trinajstić information content (AvgIpc) is 2.90. The van der Waals surface area contributed by atoms with Gasteiger partial charge in [0, 0.05) is 0 Å². The second-order valence-corrected chi connectivity index (χ2v) is 6.29. The Labute approximate surface area is 138 Å². The molecule has 7 heteroatoms. The van der Waals surface area contributed by atoms with Crippen molar-refractivity contribution < 1.29 is 9.59 Å². The molecule has 0 radical (unpaired) electrons. The van der Waals surface area contributed by atoms with Crippen molar-refractivity contribution >= 4 is 33.2 Å². The molecular formula is C16H18N4O2S. The Morgan fingerprint density at radius 2 is 2.13 bits per heavy atom. The van der Waals surface area contributed by atoms with Crippen LogP contribution in [-0.2, 0) is 9.59 Å². The lowest BCUT2D eigenvalue weighted by molar-refractivity contribution is -0.122. The Balaban J connectivity index is 2.17. The molecule has 2 N–H and O–H groups in total. The number of nitriles is 1. The number of fused-ring (bicyclic) bond motifs is 1. The quantitative estimate of drug-likeness (QED) is 0.793. The van der Waals surface area contributed by atoms with Crippen LogP contribution in [0.4, 0.5) is 0 Å². The molecule has 1 aromatic heterocycles. The monoisotopic (exact) mass is 330 g/mol. The maximum atomic E-state index is 12.5. The van der Waals surface area contributed by atoms with Crippen molar-refractivity contribution in [3.63, 3.8) is 0 Å². The van der Waals surface area contributed by atoms with Gasteiger partial charge in [-0.05, 0) is 25.1 Å². The highest BCUT2D eigenvalue weighted by Gasteiger charge is 2.26. The smallest absolute Gasteiger partial charge is 0.231 e. The molecule has 1 amide bonds. The van der Waals surface area contributed by atoms with Gasteiger partial charge in [-0.25, -0.2) is 4.98 Å². The Morgan fingerprint density at radius 1 is 1.39 bits per heavy atom. The van der Waals surface area contributed by atoms with Crippen LogP contribution in [0.2, 0.25) is 0 Å². The summed E-state index contributed by atoms with van der Waals surface area (Å²) in [5, 5.41) is 9.88. The molecule has 0 spiro atoms. The van der Waals surface area contributed by atoms with Crippen molar-refractivity contribution in [3.8, 4) is 6.07 Å². The molecular weight excluding hydrogens is 312 g/mol. The van der Waals surface area contributed by atoms with Gasteiger partial charge in [0.05, 0.1) is 29.4 Å². The molecule has 1 unspecified atom stereocenters. The van der Waals surface area contributed by atoms with Crippen molar-refractivity contribution in [3.05, 3.63) is 29.3 Å². The number of primary amides is 1. The van der Waals surface area contributed by atoms with Gasteiger partial charge in [0.1, 0.15) is 5.01 Å². The second-order valence-electron chi connectivity index (χ2n) is 5.23. The van der Waals surface area contributed by atoms with Gasteiger partial charge in [0.25, 0.3) is 0 Å². The number of para-hydroxylation sites is 1. The summed E-state index contributed by atoms with van der Waals surface area (Å²) in [6, 6.07) is 9.55. The van der Waals surface area contributed by atoms with Crippen LogP contribution in [0, 0.1) is 11.3 Å². The van der Waals surface area contributed by atoms with Crippen molar-refractivity contribution in [1.29, 1.82) is 5.26 Å². The van der Waals surface area contributed by atoms with E-state index in [0.29, 0.717) is 11.6 Å². The minimum atomic E-state index is -0.917. The maximum absolute atomic E-state index is 12.5. The van der Waals surface area contributed by atoms with Gasteiger partial charge in [-0.3, -0.25) is 14.5 Å². The molecule has 0 aliphatic carbocycles. The van der Waals surface area contributed by atoms with Crippen molar-refractivity contribution in [2.24, 2.45) is 5.73 Å². The van der Waals surface area contributed by atoms with E-state index in [0.717, 1.165) is 16.6 Å². The molecule has 0 saturated carbocycles. The summed E-state index contributed by atoms with van der Waals surface area (Å²) in [4.78, 5) is 29.6. The average molecular weight is 330 g/mol. The van der Waals surface area contributed by atoms with E-state index < -0.39 is 11.8 Å². The van der Waals surface area contributed by atoms with Crippen molar-refractivity contribution in [2.45, 2.75) is 19.3 Å². The van der Waals surface area contributed by atoms with E-state index in [4.69, 9.17) is 5.73 Å². The number of amides is 1. The summed E-state index contributed by atoms with van der Waals surface area (Å²) in [5.41, 5.74) is 5.98. The zero-order valence-corrected chi connectivity index (χ0v) is 13.7. The molecule has 120 valence electrons. The van der Waals surface area contributed by atoms with Crippen molar-refractivity contribution in [1.82, 2.24) is 9.88 Å². The number of hydrogen-bond acceptors (Lipinski definition) is 6. The fourth-order valence-corrected chi connectivity index (χ4v) is 3.38. The molecule has 1 atom stereocenters. The minimum absolute atomic E-state index is 0.0115. The van der Waals surface area contributed by atoms with Gasteiger partial charge in [-0.2, -0.15) is 5.26 Å². The number of thiazole rings is 1. The Bertz CT molecular complexity index is 717. The van der Waals surface area contributed by atoms with E-state index in [1.165, 1.54) is 11.3 Å². The first-order valence-electron chi connectivity index (χ1n) is 7.33. The Morgan fingerprint density at radius 3 is 2.74 bits per heavy atom. The van der Waals surface area contributed by atoms with E-state index >= 15 is 0 Å². The van der Waals surface area contributed by atoms with Crippen LogP contribution in [0.25, 0.3) is 10.2 Å². The van der Waals surface area contributed by atoms with Crippen LogP contribution in [0.3, 0.4) is 0 Å². The third kappa shape index (κ3) is 4.34. The first-order valence-corrected chi connectivity index (χ1v) is 8.15. The fourth-order valence-electron chi connectivity index (χ4n) is 2.34. The number of Topliss-reactive ketones (excluding diaryl/α,β-unsaturated/α-hetero) is 1. The number of nitrogens with zero attached hydrogens (tertiary/aromatic N) is 3. The number of nitrogens with two attached hydrogens (primary N) is 1. The number of carbonyl (C=O) groups excluding carboxylic acids is 2. The number of aromatic nitrogens is 1. The van der Waals surface area contributed by atoms with E-state index in [1.54, 1.807) is 4.90 Å². The highest BCUT2D eigenvalue weighted by atomic mass is 32.1. The molecule has 0 aliphatic heterocycles. The van der Waals surface area contributed by atoms with Gasteiger partial charge >= 0.3 is 0 Å². The summed E-state index contributed by atoms with van der Waals surface area (Å²) in [6.07, 6.45) is 0.791. The van der Waals surface area contributed by atoms with Crippen LogP contribution < -0.4 is 5.73 Å². The number of carbonyl (C=O) groups is 2. The fraction of sp³-hybridized carbons (Fsp3) is 0.375. The van der Waals surface area contributed by atoms with Gasteiger partial charge in [0.15, 0.2) is 11.7 Å². The van der Waals surface area contributed by atoms with E-state index in [9.17, 15) is 14.9 Å². The predicted molar refractivity (Wildman–Crippen MR) is 88.9 cm³/mol. The molecule has 2 rings (SSSR count). The van der Waals surface area contributed by atoms with Gasteiger partial charge < -0.3 is 5.73 Å². The molecule has 23 heavy (non-hydrogen) atoms. The zero-order valence-electron chi connectivity index (χ0n) is 12.9. The Hall–Kier alpha value is -2.30. The van der Waals surface area contributed by atoms with E-state index in [1.807, 2.05) is 37.3 Å². The lowest BCUT2D eigenvalue weighted by Crippen LogP contribution is -2.39. The van der Waals surface area contributed by atoms with Crippen LogP contribution in [0.1, 0.15) is 24.3 Å². The summed E-state index contributed by atoms with van der Waals surface area (Å²) in [7, 11) is 0. The molecule has 0 fully saturated rings. The van der Waals surface area contributed by atoms with Crippen LogP contribution in [0.15, 0.2) is 24.3 Å². The summed E-state index contributed by atoms with van der Waals surface area (Å²) >= 11 is 1.35. The highest BCUT2D eigenvalue weighted by Crippen LogP contribution is 2.27. The summed E-state index contributed by atoms with van der Waals surface area (Å²) in [6.45, 7) is 2.56. The second kappa shape index (κ2) is 7.81.